The second-order valence-electron chi connectivity index (χ2n) is 5.16. The van der Waals surface area contributed by atoms with E-state index >= 15 is 0 Å². The first-order valence-corrected chi connectivity index (χ1v) is 8.88. The third-order valence-corrected chi connectivity index (χ3v) is 3.94. The van der Waals surface area contributed by atoms with Crippen LogP contribution in [0.4, 0.5) is 4.39 Å². The summed E-state index contributed by atoms with van der Waals surface area (Å²) in [5.41, 5.74) is 6.42. The number of benzene rings is 1. The van der Waals surface area contributed by atoms with Crippen LogP contribution in [0, 0.1) is 5.82 Å². The van der Waals surface area contributed by atoms with Gasteiger partial charge in [-0.25, -0.2) is 4.39 Å². The molecule has 1 atom stereocenters. The number of nitrogens with one attached hydrogen (secondary N) is 1. The number of ether oxygens (including phenoxy) is 1. The number of aromatic nitrogens is 1. The molecule has 0 aliphatic rings. The van der Waals surface area contributed by atoms with Crippen LogP contribution in [0.2, 0.25) is 0 Å². The highest BCUT2D eigenvalue weighted by Gasteiger charge is 2.13. The van der Waals surface area contributed by atoms with E-state index in [-0.39, 0.29) is 18.2 Å². The van der Waals surface area contributed by atoms with Gasteiger partial charge in [0.15, 0.2) is 11.6 Å². The van der Waals surface area contributed by atoms with Crippen molar-refractivity contribution in [3.05, 3.63) is 54.1 Å². The lowest BCUT2D eigenvalue weighted by molar-refractivity contribution is -0.122. The van der Waals surface area contributed by atoms with Crippen LogP contribution in [0.15, 0.2) is 42.7 Å². The Hall–Kier alpha value is -2.12. The van der Waals surface area contributed by atoms with Crippen molar-refractivity contribution >= 4 is 17.7 Å². The molecule has 128 valence electrons. The summed E-state index contributed by atoms with van der Waals surface area (Å²) in [7, 11) is 0. The Balaban J connectivity index is 1.91. The van der Waals surface area contributed by atoms with Crippen molar-refractivity contribution < 1.29 is 13.9 Å². The van der Waals surface area contributed by atoms with Gasteiger partial charge in [0.25, 0.3) is 0 Å². The smallest absolute Gasteiger partial charge is 0.237 e. The van der Waals surface area contributed by atoms with Crippen LogP contribution in [-0.4, -0.2) is 28.9 Å². The Bertz CT molecular complexity index is 670. The monoisotopic (exact) mass is 349 g/mol. The van der Waals surface area contributed by atoms with Gasteiger partial charge in [-0.15, -0.1) is 0 Å². The van der Waals surface area contributed by atoms with Crippen LogP contribution < -0.4 is 15.8 Å². The Labute approximate surface area is 144 Å². The summed E-state index contributed by atoms with van der Waals surface area (Å²) < 4.78 is 19.5. The predicted octanol–water partition coefficient (Wildman–Crippen LogP) is 2.71. The minimum Gasteiger partial charge on any atom is -0.453 e. The minimum atomic E-state index is -0.546. The normalized spacial score (nSPS) is 11.8. The first-order valence-electron chi connectivity index (χ1n) is 7.48. The molecule has 5 nitrogen and oxygen atoms in total. The molecule has 1 amide bonds. The lowest BCUT2D eigenvalue weighted by Gasteiger charge is -2.12. The summed E-state index contributed by atoms with van der Waals surface area (Å²) in [6.07, 6.45) is 5.68. The van der Waals surface area contributed by atoms with Gasteiger partial charge in [-0.2, -0.15) is 11.8 Å². The molecule has 1 aromatic heterocycles. The third-order valence-electron chi connectivity index (χ3n) is 3.29. The predicted molar refractivity (Wildman–Crippen MR) is 93.5 cm³/mol. The number of thioether (sulfide) groups is 1. The molecule has 0 fully saturated rings. The van der Waals surface area contributed by atoms with Crippen molar-refractivity contribution in [1.29, 1.82) is 0 Å². The fourth-order valence-corrected chi connectivity index (χ4v) is 2.46. The van der Waals surface area contributed by atoms with E-state index in [4.69, 9.17) is 10.5 Å². The number of nitrogens with zero attached hydrogens (tertiary/aromatic N) is 1. The molecule has 0 spiro atoms. The fourth-order valence-electron chi connectivity index (χ4n) is 1.97. The molecule has 3 N–H and O–H groups in total. The number of amides is 1. The van der Waals surface area contributed by atoms with E-state index < -0.39 is 11.9 Å². The zero-order valence-corrected chi connectivity index (χ0v) is 14.2. The topological polar surface area (TPSA) is 77.2 Å². The highest BCUT2D eigenvalue weighted by atomic mass is 32.2. The molecule has 0 bridgehead atoms. The first kappa shape index (κ1) is 18.2. The fraction of sp³-hybridized carbons (Fsp3) is 0.294. The molecule has 0 radical (unpaired) electrons. The van der Waals surface area contributed by atoms with Crippen LogP contribution in [0.3, 0.4) is 0 Å². The average molecular weight is 349 g/mol. The number of hydrogen-bond acceptors (Lipinski definition) is 5. The summed E-state index contributed by atoms with van der Waals surface area (Å²) in [5.74, 6) is 0.647. The molecule has 2 aromatic rings. The van der Waals surface area contributed by atoms with Crippen molar-refractivity contribution in [2.24, 2.45) is 5.73 Å². The molecule has 1 heterocycles. The number of halogens is 1. The lowest BCUT2D eigenvalue weighted by Crippen LogP contribution is -2.40. The second kappa shape index (κ2) is 9.24. The van der Waals surface area contributed by atoms with E-state index in [2.05, 4.69) is 10.3 Å². The molecule has 0 aliphatic heterocycles. The molecule has 0 saturated carbocycles. The summed E-state index contributed by atoms with van der Waals surface area (Å²) >= 11 is 1.64. The molecule has 0 unspecified atom stereocenters. The second-order valence-corrected chi connectivity index (χ2v) is 6.15. The van der Waals surface area contributed by atoms with Crippen molar-refractivity contribution in [3.63, 3.8) is 0 Å². The molecule has 1 aromatic carbocycles. The number of carbonyl (C=O) groups is 1. The molecule has 0 saturated heterocycles. The number of pyridine rings is 1. The largest absolute Gasteiger partial charge is 0.453 e. The van der Waals surface area contributed by atoms with Gasteiger partial charge in [0.1, 0.15) is 5.75 Å². The van der Waals surface area contributed by atoms with E-state index in [0.29, 0.717) is 17.7 Å². The van der Waals surface area contributed by atoms with E-state index in [0.717, 1.165) is 5.75 Å². The highest BCUT2D eigenvalue weighted by molar-refractivity contribution is 7.98. The number of nitrogens with two attached hydrogens (primary N) is 1. The van der Waals surface area contributed by atoms with Gasteiger partial charge < -0.3 is 15.8 Å². The molecular weight excluding hydrogens is 329 g/mol. The van der Waals surface area contributed by atoms with E-state index in [1.54, 1.807) is 36.2 Å². The van der Waals surface area contributed by atoms with Crippen LogP contribution in [0.5, 0.6) is 11.5 Å². The number of rotatable bonds is 8. The van der Waals surface area contributed by atoms with E-state index in [1.807, 2.05) is 6.26 Å². The Morgan fingerprint density at radius 2 is 2.29 bits per heavy atom. The van der Waals surface area contributed by atoms with Gasteiger partial charge >= 0.3 is 0 Å². The summed E-state index contributed by atoms with van der Waals surface area (Å²) in [5, 5.41) is 2.71. The van der Waals surface area contributed by atoms with Crippen molar-refractivity contribution in [2.75, 3.05) is 12.0 Å². The van der Waals surface area contributed by atoms with Crippen LogP contribution >= 0.6 is 11.8 Å². The van der Waals surface area contributed by atoms with Gasteiger partial charge in [0.05, 0.1) is 12.2 Å². The Morgan fingerprint density at radius 3 is 2.96 bits per heavy atom. The first-order chi connectivity index (χ1) is 11.6. The SMILES string of the molecule is CSCC[C@H](N)C(=O)NCc1ccc(Oc2cccnc2)c(F)c1. The summed E-state index contributed by atoms with van der Waals surface area (Å²) in [4.78, 5) is 15.8. The Kier molecular flexibility index (Phi) is 7.02. The quantitative estimate of drug-likeness (QED) is 0.766. The minimum absolute atomic E-state index is 0.106. The number of hydrogen-bond donors (Lipinski definition) is 2. The molecular formula is C17H20FN3O2S. The van der Waals surface area contributed by atoms with Crippen molar-refractivity contribution in [3.8, 4) is 11.5 Å². The average Bonchev–Trinajstić information content (AvgIpc) is 2.60. The Morgan fingerprint density at radius 1 is 1.46 bits per heavy atom. The van der Waals surface area contributed by atoms with Gasteiger partial charge in [0, 0.05) is 12.7 Å². The van der Waals surface area contributed by atoms with E-state index in [1.165, 1.54) is 18.3 Å². The summed E-state index contributed by atoms with van der Waals surface area (Å²) in [6.45, 7) is 0.218. The molecule has 7 heteroatoms. The third kappa shape index (κ3) is 5.50. The summed E-state index contributed by atoms with van der Waals surface area (Å²) in [6, 6.07) is 7.41. The van der Waals surface area contributed by atoms with Crippen LogP contribution in [0.25, 0.3) is 0 Å². The van der Waals surface area contributed by atoms with Gasteiger partial charge in [-0.1, -0.05) is 6.07 Å². The highest BCUT2D eigenvalue weighted by Crippen LogP contribution is 2.24. The van der Waals surface area contributed by atoms with Gasteiger partial charge in [-0.05, 0) is 48.3 Å². The number of carbonyl (C=O) groups excluding carboxylic acids is 1. The maximum absolute atomic E-state index is 14.1. The molecule has 0 aliphatic carbocycles. The molecule has 24 heavy (non-hydrogen) atoms. The standard InChI is InChI=1S/C17H20FN3O2S/c1-24-8-6-15(19)17(22)21-10-12-4-5-16(14(18)9-12)23-13-3-2-7-20-11-13/h2-5,7,9,11,15H,6,8,10,19H2,1H3,(H,21,22)/t15-/m0/s1. The zero-order valence-electron chi connectivity index (χ0n) is 13.4. The van der Waals surface area contributed by atoms with Crippen molar-refractivity contribution in [1.82, 2.24) is 10.3 Å². The lowest BCUT2D eigenvalue weighted by atomic mass is 10.2. The maximum atomic E-state index is 14.1. The molecule has 2 rings (SSSR count). The van der Waals surface area contributed by atoms with E-state index in [9.17, 15) is 9.18 Å². The maximum Gasteiger partial charge on any atom is 0.237 e. The van der Waals surface area contributed by atoms with Crippen LogP contribution in [-0.2, 0) is 11.3 Å². The zero-order chi connectivity index (χ0) is 17.4. The van der Waals surface area contributed by atoms with Crippen molar-refractivity contribution in [2.45, 2.75) is 19.0 Å². The van der Waals surface area contributed by atoms with Gasteiger partial charge in [-0.3, -0.25) is 9.78 Å². The van der Waals surface area contributed by atoms with Gasteiger partial charge in [0.2, 0.25) is 5.91 Å². The van der Waals surface area contributed by atoms with Crippen LogP contribution in [0.1, 0.15) is 12.0 Å².